The second kappa shape index (κ2) is 9.07. The highest BCUT2D eigenvalue weighted by Gasteiger charge is 2.54. The summed E-state index contributed by atoms with van der Waals surface area (Å²) in [4.78, 5) is 48.1. The molecule has 2 rings (SSSR count). The number of amides is 3. The van der Waals surface area contributed by atoms with Gasteiger partial charge in [0.2, 0.25) is 5.91 Å². The van der Waals surface area contributed by atoms with Gasteiger partial charge in [-0.3, -0.25) is 4.79 Å². The number of primary amides is 1. The van der Waals surface area contributed by atoms with Crippen LogP contribution in [0.4, 0.5) is 9.59 Å². The van der Waals surface area contributed by atoms with Gasteiger partial charge in [0.25, 0.3) is 0 Å². The monoisotopic (exact) mass is 393 g/mol. The summed E-state index contributed by atoms with van der Waals surface area (Å²) >= 11 is 0. The van der Waals surface area contributed by atoms with Gasteiger partial charge in [0.1, 0.15) is 25.3 Å². The second-order valence-electron chi connectivity index (χ2n) is 6.65. The molecule has 1 fully saturated rings. The Labute approximate surface area is 161 Å². The van der Waals surface area contributed by atoms with E-state index < -0.39 is 48.1 Å². The number of nitrogens with one attached hydrogen (secondary N) is 1. The van der Waals surface area contributed by atoms with Crippen molar-refractivity contribution in [1.82, 2.24) is 10.2 Å². The lowest BCUT2D eigenvalue weighted by Crippen LogP contribution is -2.76. The van der Waals surface area contributed by atoms with E-state index in [9.17, 15) is 24.3 Å². The number of hydrogen-bond acceptors (Lipinski definition) is 6. The van der Waals surface area contributed by atoms with E-state index in [4.69, 9.17) is 15.2 Å². The Hall–Kier alpha value is -3.30. The van der Waals surface area contributed by atoms with Gasteiger partial charge in [-0.15, -0.1) is 0 Å². The van der Waals surface area contributed by atoms with Crippen LogP contribution in [-0.2, 0) is 25.7 Å². The van der Waals surface area contributed by atoms with Crippen LogP contribution in [0.5, 0.6) is 0 Å². The summed E-state index contributed by atoms with van der Waals surface area (Å²) in [6, 6.07) is 5.86. The number of aliphatic carboxylic acids is 1. The second-order valence-corrected chi connectivity index (χ2v) is 6.65. The van der Waals surface area contributed by atoms with Gasteiger partial charge < -0.3 is 30.5 Å². The zero-order valence-corrected chi connectivity index (χ0v) is 15.5. The molecule has 1 saturated heterocycles. The third-order valence-electron chi connectivity index (χ3n) is 4.33. The Morgan fingerprint density at radius 2 is 1.86 bits per heavy atom. The summed E-state index contributed by atoms with van der Waals surface area (Å²) in [5.74, 6) is -2.20. The van der Waals surface area contributed by atoms with E-state index in [2.05, 4.69) is 5.32 Å². The van der Waals surface area contributed by atoms with Crippen LogP contribution < -0.4 is 11.1 Å². The number of alkyl carbamates (subject to hydrolysis) is 1. The number of nitrogens with two attached hydrogens (primary N) is 1. The topological polar surface area (TPSA) is 148 Å². The van der Waals surface area contributed by atoms with Gasteiger partial charge in [-0.1, -0.05) is 44.2 Å². The summed E-state index contributed by atoms with van der Waals surface area (Å²) in [5.41, 5.74) is 5.72. The van der Waals surface area contributed by atoms with Crippen LogP contribution in [0, 0.1) is 5.92 Å². The molecule has 1 unspecified atom stereocenters. The molecule has 0 aliphatic carbocycles. The van der Waals surface area contributed by atoms with Crippen molar-refractivity contribution in [2.45, 2.75) is 38.6 Å². The lowest BCUT2D eigenvalue weighted by Gasteiger charge is -2.49. The van der Waals surface area contributed by atoms with Crippen LogP contribution in [0.2, 0.25) is 0 Å². The van der Waals surface area contributed by atoms with Crippen molar-refractivity contribution in [2.75, 3.05) is 6.61 Å². The number of nitrogens with zero attached hydrogens (tertiary/aromatic N) is 1. The number of ether oxygens (including phenoxy) is 2. The summed E-state index contributed by atoms with van der Waals surface area (Å²) in [6.45, 7) is 2.95. The largest absolute Gasteiger partial charge is 0.480 e. The van der Waals surface area contributed by atoms with E-state index in [1.54, 1.807) is 38.1 Å². The summed E-state index contributed by atoms with van der Waals surface area (Å²) in [6.07, 6.45) is -1.91. The fraction of sp³-hybridized carbons (Fsp3) is 0.444. The number of β-lactam (4-membered cyclic amide) rings is 1. The van der Waals surface area contributed by atoms with E-state index in [1.807, 2.05) is 6.07 Å². The SMILES string of the molecule is CC(C)C(C(=O)O)N1C(=O)[C@@H](NC(=O)OCc2ccccc2)[C@H]1COC(N)=O. The van der Waals surface area contributed by atoms with Crippen LogP contribution in [0.1, 0.15) is 19.4 Å². The van der Waals surface area contributed by atoms with Crippen molar-refractivity contribution in [3.05, 3.63) is 35.9 Å². The molecule has 1 aromatic rings. The van der Waals surface area contributed by atoms with E-state index in [0.29, 0.717) is 0 Å². The van der Waals surface area contributed by atoms with Crippen LogP contribution in [0.3, 0.4) is 0 Å². The Morgan fingerprint density at radius 1 is 1.21 bits per heavy atom. The standard InChI is InChI=1S/C18H23N3O7/c1-10(2)14(16(23)24)21-12(9-27-17(19)25)13(15(21)22)20-18(26)28-8-11-6-4-3-5-7-11/h3-7,10,12-14H,8-9H2,1-2H3,(H2,19,25)(H,20,26)(H,23,24)/t12-,13+,14?/m1/s1. The molecular weight excluding hydrogens is 370 g/mol. The van der Waals surface area contributed by atoms with Gasteiger partial charge >= 0.3 is 18.2 Å². The maximum absolute atomic E-state index is 12.5. The molecule has 10 heteroatoms. The van der Waals surface area contributed by atoms with Crippen molar-refractivity contribution in [1.29, 1.82) is 0 Å². The fourth-order valence-electron chi connectivity index (χ4n) is 3.03. The van der Waals surface area contributed by atoms with Gasteiger partial charge in [-0.25, -0.2) is 14.4 Å². The van der Waals surface area contributed by atoms with Gasteiger partial charge in [-0.2, -0.15) is 0 Å². The lowest BCUT2D eigenvalue weighted by atomic mass is 9.89. The molecule has 0 bridgehead atoms. The molecule has 1 heterocycles. The number of hydrogen-bond donors (Lipinski definition) is 3. The number of carboxylic acids is 1. The minimum Gasteiger partial charge on any atom is -0.480 e. The number of likely N-dealkylation sites (tertiary alicyclic amines) is 1. The number of carboxylic acid groups (broad SMARTS) is 1. The summed E-state index contributed by atoms with van der Waals surface area (Å²) in [5, 5.41) is 11.8. The van der Waals surface area contributed by atoms with Crippen LogP contribution in [-0.4, -0.2) is 58.8 Å². The van der Waals surface area contributed by atoms with E-state index in [-0.39, 0.29) is 13.2 Å². The van der Waals surface area contributed by atoms with Gasteiger partial charge in [0, 0.05) is 0 Å². The first-order valence-electron chi connectivity index (χ1n) is 8.66. The zero-order chi connectivity index (χ0) is 20.8. The highest BCUT2D eigenvalue weighted by molar-refractivity contribution is 5.95. The maximum Gasteiger partial charge on any atom is 0.408 e. The Bertz CT molecular complexity index is 738. The molecular formula is C18H23N3O7. The normalized spacial score (nSPS) is 19.5. The highest BCUT2D eigenvalue weighted by atomic mass is 16.6. The minimum absolute atomic E-state index is 0.00347. The lowest BCUT2D eigenvalue weighted by molar-refractivity contribution is -0.170. The van der Waals surface area contributed by atoms with E-state index >= 15 is 0 Å². The van der Waals surface area contributed by atoms with Gasteiger partial charge in [0.15, 0.2) is 0 Å². The first kappa shape index (κ1) is 21.0. The molecule has 3 amide bonds. The van der Waals surface area contributed by atoms with E-state index in [0.717, 1.165) is 10.5 Å². The first-order valence-corrected chi connectivity index (χ1v) is 8.66. The average molecular weight is 393 g/mol. The fourth-order valence-corrected chi connectivity index (χ4v) is 3.03. The highest BCUT2D eigenvalue weighted by Crippen LogP contribution is 2.27. The number of carbonyl (C=O) groups is 4. The summed E-state index contributed by atoms with van der Waals surface area (Å²) < 4.78 is 9.81. The average Bonchev–Trinajstić information content (AvgIpc) is 2.64. The van der Waals surface area contributed by atoms with Crippen molar-refractivity contribution in [3.63, 3.8) is 0 Å². The molecule has 1 aliphatic heterocycles. The Morgan fingerprint density at radius 3 is 2.39 bits per heavy atom. The van der Waals surface area contributed by atoms with Crippen LogP contribution in [0.25, 0.3) is 0 Å². The van der Waals surface area contributed by atoms with Crippen LogP contribution in [0.15, 0.2) is 30.3 Å². The predicted molar refractivity (Wildman–Crippen MR) is 96.0 cm³/mol. The molecule has 28 heavy (non-hydrogen) atoms. The molecule has 4 N–H and O–H groups in total. The molecule has 0 radical (unpaired) electrons. The van der Waals surface area contributed by atoms with Gasteiger partial charge in [-0.05, 0) is 11.5 Å². The molecule has 10 nitrogen and oxygen atoms in total. The molecule has 152 valence electrons. The third-order valence-corrected chi connectivity index (χ3v) is 4.33. The van der Waals surface area contributed by atoms with Crippen LogP contribution >= 0.6 is 0 Å². The zero-order valence-electron chi connectivity index (χ0n) is 15.5. The smallest absolute Gasteiger partial charge is 0.408 e. The van der Waals surface area contributed by atoms with Gasteiger partial charge in [0.05, 0.1) is 6.04 Å². The van der Waals surface area contributed by atoms with Crippen molar-refractivity contribution in [3.8, 4) is 0 Å². The molecule has 3 atom stereocenters. The minimum atomic E-state index is -1.20. The van der Waals surface area contributed by atoms with E-state index in [1.165, 1.54) is 0 Å². The molecule has 0 aromatic heterocycles. The Kier molecular flexibility index (Phi) is 6.80. The number of carbonyl (C=O) groups excluding carboxylic acids is 3. The first-order chi connectivity index (χ1) is 13.2. The van der Waals surface area contributed by atoms with Crippen molar-refractivity contribution in [2.24, 2.45) is 11.7 Å². The summed E-state index contributed by atoms with van der Waals surface area (Å²) in [7, 11) is 0. The maximum atomic E-state index is 12.5. The third kappa shape index (κ3) is 4.90. The Balaban J connectivity index is 2.04. The van der Waals surface area contributed by atoms with Crippen molar-refractivity contribution < 1.29 is 33.8 Å². The quantitative estimate of drug-likeness (QED) is 0.550. The number of benzene rings is 1. The molecule has 1 aliphatic rings. The molecule has 0 spiro atoms. The predicted octanol–water partition coefficient (Wildman–Crippen LogP) is 0.697. The molecule has 1 aromatic carbocycles. The molecule has 0 saturated carbocycles. The van der Waals surface area contributed by atoms with Crippen molar-refractivity contribution >= 4 is 24.1 Å². The number of rotatable bonds is 8.